The van der Waals surface area contributed by atoms with Crippen molar-refractivity contribution in [3.05, 3.63) is 64.2 Å². The summed E-state index contributed by atoms with van der Waals surface area (Å²) in [5.74, 6) is -0.992. The first-order valence-corrected chi connectivity index (χ1v) is 5.94. The van der Waals surface area contributed by atoms with Crippen LogP contribution < -0.4 is 4.74 Å². The maximum atomic E-state index is 13.4. The summed E-state index contributed by atoms with van der Waals surface area (Å²) in [5.41, 5.74) is 0.311. The van der Waals surface area contributed by atoms with Crippen molar-refractivity contribution >= 4 is 11.6 Å². The van der Waals surface area contributed by atoms with Crippen molar-refractivity contribution in [1.29, 1.82) is 0 Å². The molecule has 5 heteroatoms. The van der Waals surface area contributed by atoms with Gasteiger partial charge in [0.05, 0.1) is 12.2 Å². The minimum absolute atomic E-state index is 0.152. The van der Waals surface area contributed by atoms with E-state index in [0.717, 1.165) is 12.1 Å². The molecule has 2 rings (SSSR count). The lowest BCUT2D eigenvalue weighted by molar-refractivity contribution is 0.255. The van der Waals surface area contributed by atoms with Gasteiger partial charge in [0, 0.05) is 10.6 Å². The molecule has 0 fully saturated rings. The van der Waals surface area contributed by atoms with Crippen LogP contribution in [0.15, 0.2) is 36.4 Å². The number of aliphatic hydroxyl groups excluding tert-OH is 1. The van der Waals surface area contributed by atoms with Crippen LogP contribution in [-0.4, -0.2) is 5.11 Å². The molecule has 0 saturated heterocycles. The fraction of sp³-hybridized carbons (Fsp3) is 0.143. The first kappa shape index (κ1) is 13.8. The highest BCUT2D eigenvalue weighted by Crippen LogP contribution is 2.24. The molecular formula is C14H11ClF2O2. The second-order valence-corrected chi connectivity index (χ2v) is 4.34. The minimum Gasteiger partial charge on any atom is -0.488 e. The number of aliphatic hydroxyl groups is 1. The van der Waals surface area contributed by atoms with Crippen LogP contribution in [0.1, 0.15) is 11.1 Å². The molecule has 2 nitrogen and oxygen atoms in total. The lowest BCUT2D eigenvalue weighted by atomic mass is 10.2. The first-order valence-electron chi connectivity index (χ1n) is 5.57. The summed E-state index contributed by atoms with van der Waals surface area (Å²) in [6, 6.07) is 8.28. The van der Waals surface area contributed by atoms with E-state index >= 15 is 0 Å². The SMILES string of the molecule is OCc1cc(Cl)ccc1OCc1c(F)cccc1F. The lowest BCUT2D eigenvalue weighted by Gasteiger charge is -2.11. The van der Waals surface area contributed by atoms with Gasteiger partial charge in [-0.1, -0.05) is 17.7 Å². The van der Waals surface area contributed by atoms with Crippen LogP contribution in [0, 0.1) is 11.6 Å². The van der Waals surface area contributed by atoms with Crippen LogP contribution in [-0.2, 0) is 13.2 Å². The van der Waals surface area contributed by atoms with Gasteiger partial charge in [0.15, 0.2) is 0 Å². The van der Waals surface area contributed by atoms with Gasteiger partial charge >= 0.3 is 0 Å². The van der Waals surface area contributed by atoms with Gasteiger partial charge in [0.2, 0.25) is 0 Å². The molecule has 0 bridgehead atoms. The normalized spacial score (nSPS) is 10.5. The second-order valence-electron chi connectivity index (χ2n) is 3.90. The van der Waals surface area contributed by atoms with Crippen molar-refractivity contribution in [2.75, 3.05) is 0 Å². The van der Waals surface area contributed by atoms with E-state index in [1.54, 1.807) is 12.1 Å². The molecule has 0 aliphatic carbocycles. The summed E-state index contributed by atoms with van der Waals surface area (Å²) in [6.45, 7) is -0.525. The van der Waals surface area contributed by atoms with Crippen LogP contribution in [0.2, 0.25) is 5.02 Å². The first-order chi connectivity index (χ1) is 9.11. The van der Waals surface area contributed by atoms with Crippen LogP contribution in [0.4, 0.5) is 8.78 Å². The fourth-order valence-corrected chi connectivity index (χ4v) is 1.83. The Balaban J connectivity index is 2.19. The molecule has 19 heavy (non-hydrogen) atoms. The third-order valence-corrected chi connectivity index (χ3v) is 2.86. The molecule has 1 N–H and O–H groups in total. The number of rotatable bonds is 4. The third kappa shape index (κ3) is 3.22. The van der Waals surface area contributed by atoms with Crippen molar-refractivity contribution in [3.8, 4) is 5.75 Å². The highest BCUT2D eigenvalue weighted by atomic mass is 35.5. The van der Waals surface area contributed by atoms with Crippen LogP contribution >= 0.6 is 11.6 Å². The largest absolute Gasteiger partial charge is 0.488 e. The van der Waals surface area contributed by atoms with E-state index in [4.69, 9.17) is 21.4 Å². The Labute approximate surface area is 114 Å². The number of hydrogen-bond donors (Lipinski definition) is 1. The van der Waals surface area contributed by atoms with Gasteiger partial charge in [-0.15, -0.1) is 0 Å². The van der Waals surface area contributed by atoms with E-state index in [2.05, 4.69) is 0 Å². The average Bonchev–Trinajstić information content (AvgIpc) is 2.39. The van der Waals surface area contributed by atoms with Gasteiger partial charge in [0.1, 0.15) is 24.0 Å². The molecule has 100 valence electrons. The average molecular weight is 285 g/mol. The molecule has 0 spiro atoms. The molecule has 0 aliphatic heterocycles. The van der Waals surface area contributed by atoms with Crippen LogP contribution in [0.3, 0.4) is 0 Å². The molecule has 0 heterocycles. The lowest BCUT2D eigenvalue weighted by Crippen LogP contribution is -2.03. The number of hydrogen-bond acceptors (Lipinski definition) is 2. The quantitative estimate of drug-likeness (QED) is 0.928. The molecular weight excluding hydrogens is 274 g/mol. The Hall–Kier alpha value is -1.65. The van der Waals surface area contributed by atoms with Crippen molar-refractivity contribution < 1.29 is 18.6 Å². The minimum atomic E-state index is -0.667. The van der Waals surface area contributed by atoms with E-state index in [-0.39, 0.29) is 18.8 Å². The zero-order valence-electron chi connectivity index (χ0n) is 9.87. The molecule has 2 aromatic rings. The Kier molecular flexibility index (Phi) is 4.35. The molecule has 0 atom stereocenters. The van der Waals surface area contributed by atoms with E-state index in [1.165, 1.54) is 12.1 Å². The number of benzene rings is 2. The van der Waals surface area contributed by atoms with Crippen molar-refractivity contribution in [1.82, 2.24) is 0 Å². The fourth-order valence-electron chi connectivity index (χ4n) is 1.63. The maximum Gasteiger partial charge on any atom is 0.132 e. The topological polar surface area (TPSA) is 29.5 Å². The van der Waals surface area contributed by atoms with E-state index in [1.807, 2.05) is 0 Å². The summed E-state index contributed by atoms with van der Waals surface area (Å²) in [5, 5.41) is 9.61. The van der Waals surface area contributed by atoms with Gasteiger partial charge < -0.3 is 9.84 Å². The molecule has 0 radical (unpaired) electrons. The molecule has 0 amide bonds. The number of ether oxygens (including phenoxy) is 1. The maximum absolute atomic E-state index is 13.4. The molecule has 0 aromatic heterocycles. The summed E-state index contributed by atoms with van der Waals surface area (Å²) in [4.78, 5) is 0. The monoisotopic (exact) mass is 284 g/mol. The number of halogens is 3. The highest BCUT2D eigenvalue weighted by Gasteiger charge is 2.10. The molecule has 2 aromatic carbocycles. The second kappa shape index (κ2) is 5.99. The predicted molar refractivity (Wildman–Crippen MR) is 68.1 cm³/mol. The van der Waals surface area contributed by atoms with Crippen molar-refractivity contribution in [2.45, 2.75) is 13.2 Å². The van der Waals surface area contributed by atoms with E-state index < -0.39 is 11.6 Å². The Bertz CT molecular complexity index is 567. The molecule has 0 saturated carbocycles. The summed E-state index contributed by atoms with van der Waals surface area (Å²) in [7, 11) is 0. The highest BCUT2D eigenvalue weighted by molar-refractivity contribution is 6.30. The Morgan fingerprint density at radius 3 is 2.42 bits per heavy atom. The van der Waals surface area contributed by atoms with Crippen molar-refractivity contribution in [2.24, 2.45) is 0 Å². The predicted octanol–water partition coefficient (Wildman–Crippen LogP) is 3.69. The van der Waals surface area contributed by atoms with Crippen molar-refractivity contribution in [3.63, 3.8) is 0 Å². The zero-order valence-corrected chi connectivity index (χ0v) is 10.6. The summed E-state index contributed by atoms with van der Waals surface area (Å²) in [6.07, 6.45) is 0. The third-order valence-electron chi connectivity index (χ3n) is 2.63. The van der Waals surface area contributed by atoms with Crippen LogP contribution in [0.5, 0.6) is 5.75 Å². The van der Waals surface area contributed by atoms with Gasteiger partial charge in [-0.2, -0.15) is 0 Å². The van der Waals surface area contributed by atoms with Crippen LogP contribution in [0.25, 0.3) is 0 Å². The summed E-state index contributed by atoms with van der Waals surface area (Å²) < 4.78 is 32.2. The Morgan fingerprint density at radius 2 is 1.79 bits per heavy atom. The Morgan fingerprint density at radius 1 is 1.11 bits per heavy atom. The smallest absolute Gasteiger partial charge is 0.132 e. The van der Waals surface area contributed by atoms with Gasteiger partial charge in [-0.05, 0) is 30.3 Å². The zero-order chi connectivity index (χ0) is 13.8. The van der Waals surface area contributed by atoms with E-state index in [0.29, 0.717) is 16.3 Å². The molecule has 0 unspecified atom stereocenters. The molecule has 0 aliphatic rings. The summed E-state index contributed by atoms with van der Waals surface area (Å²) >= 11 is 5.78. The van der Waals surface area contributed by atoms with Gasteiger partial charge in [0.25, 0.3) is 0 Å². The van der Waals surface area contributed by atoms with Gasteiger partial charge in [-0.3, -0.25) is 0 Å². The van der Waals surface area contributed by atoms with Gasteiger partial charge in [-0.25, -0.2) is 8.78 Å². The van der Waals surface area contributed by atoms with E-state index in [9.17, 15) is 8.78 Å². The standard InChI is InChI=1S/C14H11ClF2O2/c15-10-4-5-14(9(6-10)7-18)19-8-11-12(16)2-1-3-13(11)17/h1-6,18H,7-8H2.